The Bertz CT molecular complexity index is 375. The fourth-order valence-corrected chi connectivity index (χ4v) is 1.88. The van der Waals surface area contributed by atoms with Crippen molar-refractivity contribution in [2.45, 2.75) is 13.5 Å². The van der Waals surface area contributed by atoms with Crippen LogP contribution in [0.1, 0.15) is 11.1 Å². The summed E-state index contributed by atoms with van der Waals surface area (Å²) in [6.45, 7) is 6.15. The summed E-state index contributed by atoms with van der Waals surface area (Å²) >= 11 is 0. The Hall–Kier alpha value is -1.55. The van der Waals surface area contributed by atoms with Crippen LogP contribution in [0.2, 0.25) is 0 Å². The number of rotatable bonds is 5. The normalized spacial score (nSPS) is 15.1. The van der Waals surface area contributed by atoms with Gasteiger partial charge in [0.1, 0.15) is 0 Å². The highest BCUT2D eigenvalue weighted by molar-refractivity contribution is 5.76. The second kappa shape index (κ2) is 5.68. The molecule has 1 aliphatic rings. The predicted molar refractivity (Wildman–Crippen MR) is 67.9 cm³/mol. The molecule has 2 N–H and O–H groups in total. The Morgan fingerprint density at radius 1 is 1.35 bits per heavy atom. The van der Waals surface area contributed by atoms with Gasteiger partial charge in [0.15, 0.2) is 0 Å². The summed E-state index contributed by atoms with van der Waals surface area (Å²) in [6, 6.07) is 8.55. The average Bonchev–Trinajstić information content (AvgIpc) is 2.73. The molecule has 0 atom stereocenters. The number of nitrogens with one attached hydrogen (secondary N) is 2. The quantitative estimate of drug-likeness (QED) is 0.748. The Morgan fingerprint density at radius 2 is 2.12 bits per heavy atom. The van der Waals surface area contributed by atoms with Crippen molar-refractivity contribution in [2.24, 2.45) is 0 Å². The van der Waals surface area contributed by atoms with Crippen LogP contribution < -0.4 is 10.6 Å². The molecule has 0 aliphatic carbocycles. The standard InChI is InChI=1S/C13H19N3O/c1-11-2-4-12(5-3-11)10-14-6-8-16-9-7-15-13(16)17/h2-5,14H,6-10H2,1H3,(H,15,17). The number of nitrogens with zero attached hydrogens (tertiary/aromatic N) is 1. The fourth-order valence-electron chi connectivity index (χ4n) is 1.88. The monoisotopic (exact) mass is 233 g/mol. The van der Waals surface area contributed by atoms with Crippen LogP contribution in [-0.4, -0.2) is 37.1 Å². The zero-order chi connectivity index (χ0) is 12.1. The highest BCUT2D eigenvalue weighted by Crippen LogP contribution is 2.02. The molecule has 92 valence electrons. The summed E-state index contributed by atoms with van der Waals surface area (Å²) in [7, 11) is 0. The van der Waals surface area contributed by atoms with Gasteiger partial charge in [-0.25, -0.2) is 4.79 Å². The summed E-state index contributed by atoms with van der Waals surface area (Å²) in [5, 5.41) is 6.14. The minimum absolute atomic E-state index is 0.0575. The maximum Gasteiger partial charge on any atom is 0.317 e. The number of hydrogen-bond acceptors (Lipinski definition) is 2. The zero-order valence-electron chi connectivity index (χ0n) is 10.2. The van der Waals surface area contributed by atoms with E-state index in [1.54, 1.807) is 0 Å². The maximum absolute atomic E-state index is 11.3. The van der Waals surface area contributed by atoms with E-state index < -0.39 is 0 Å². The zero-order valence-corrected chi connectivity index (χ0v) is 10.2. The number of carbonyl (C=O) groups excluding carboxylic acids is 1. The molecular formula is C13H19N3O. The molecule has 0 radical (unpaired) electrons. The molecule has 1 heterocycles. The van der Waals surface area contributed by atoms with Crippen LogP contribution in [0.4, 0.5) is 4.79 Å². The Balaban J connectivity index is 1.66. The highest BCUT2D eigenvalue weighted by atomic mass is 16.2. The van der Waals surface area contributed by atoms with E-state index in [0.29, 0.717) is 0 Å². The van der Waals surface area contributed by atoms with E-state index in [-0.39, 0.29) is 6.03 Å². The third-order valence-corrected chi connectivity index (χ3v) is 2.95. The molecule has 1 aromatic rings. The smallest absolute Gasteiger partial charge is 0.317 e. The van der Waals surface area contributed by atoms with E-state index in [9.17, 15) is 4.79 Å². The van der Waals surface area contributed by atoms with Crippen molar-refractivity contribution < 1.29 is 4.79 Å². The van der Waals surface area contributed by atoms with Crippen LogP contribution >= 0.6 is 0 Å². The molecule has 2 rings (SSSR count). The van der Waals surface area contributed by atoms with E-state index in [0.717, 1.165) is 32.7 Å². The Labute approximate surface area is 102 Å². The second-order valence-corrected chi connectivity index (χ2v) is 4.38. The number of amides is 2. The lowest BCUT2D eigenvalue weighted by atomic mass is 10.1. The molecule has 0 unspecified atom stereocenters. The summed E-state index contributed by atoms with van der Waals surface area (Å²) in [6.07, 6.45) is 0. The SMILES string of the molecule is Cc1ccc(CNCCN2CCNC2=O)cc1. The van der Waals surface area contributed by atoms with Gasteiger partial charge >= 0.3 is 6.03 Å². The molecule has 0 saturated carbocycles. The third kappa shape index (κ3) is 3.46. The van der Waals surface area contributed by atoms with Crippen molar-refractivity contribution in [3.05, 3.63) is 35.4 Å². The molecule has 0 bridgehead atoms. The first-order valence-electron chi connectivity index (χ1n) is 6.05. The predicted octanol–water partition coefficient (Wildman–Crippen LogP) is 1.11. The van der Waals surface area contributed by atoms with Crippen LogP contribution in [0.25, 0.3) is 0 Å². The van der Waals surface area contributed by atoms with E-state index >= 15 is 0 Å². The van der Waals surface area contributed by atoms with Gasteiger partial charge in [-0.15, -0.1) is 0 Å². The molecule has 4 nitrogen and oxygen atoms in total. The molecule has 0 aromatic heterocycles. The molecule has 1 saturated heterocycles. The molecule has 1 aliphatic heterocycles. The van der Waals surface area contributed by atoms with Gasteiger partial charge in [-0.05, 0) is 12.5 Å². The molecule has 2 amide bonds. The van der Waals surface area contributed by atoms with Crippen molar-refractivity contribution in [1.29, 1.82) is 0 Å². The lowest BCUT2D eigenvalue weighted by Crippen LogP contribution is -2.34. The fraction of sp³-hybridized carbons (Fsp3) is 0.462. The van der Waals surface area contributed by atoms with Gasteiger partial charge in [-0.3, -0.25) is 0 Å². The van der Waals surface area contributed by atoms with Gasteiger partial charge in [0.05, 0.1) is 0 Å². The van der Waals surface area contributed by atoms with Gasteiger partial charge < -0.3 is 15.5 Å². The van der Waals surface area contributed by atoms with E-state index in [2.05, 4.69) is 41.8 Å². The summed E-state index contributed by atoms with van der Waals surface area (Å²) < 4.78 is 0. The van der Waals surface area contributed by atoms with Gasteiger partial charge in [-0.2, -0.15) is 0 Å². The summed E-state index contributed by atoms with van der Waals surface area (Å²) in [4.78, 5) is 13.1. The van der Waals surface area contributed by atoms with Gasteiger partial charge in [0.2, 0.25) is 0 Å². The van der Waals surface area contributed by atoms with Crippen LogP contribution in [0.15, 0.2) is 24.3 Å². The molecule has 1 fully saturated rings. The number of aryl methyl sites for hydroxylation is 1. The lowest BCUT2D eigenvalue weighted by molar-refractivity contribution is 0.217. The Kier molecular flexibility index (Phi) is 3.98. The minimum Gasteiger partial charge on any atom is -0.336 e. The summed E-state index contributed by atoms with van der Waals surface area (Å²) in [5.74, 6) is 0. The van der Waals surface area contributed by atoms with E-state index in [4.69, 9.17) is 0 Å². The van der Waals surface area contributed by atoms with E-state index in [1.807, 2.05) is 4.90 Å². The topological polar surface area (TPSA) is 44.4 Å². The summed E-state index contributed by atoms with van der Waals surface area (Å²) in [5.41, 5.74) is 2.56. The van der Waals surface area contributed by atoms with Gasteiger partial charge in [0.25, 0.3) is 0 Å². The van der Waals surface area contributed by atoms with E-state index in [1.165, 1.54) is 11.1 Å². The van der Waals surface area contributed by atoms with Crippen LogP contribution in [0.5, 0.6) is 0 Å². The number of carbonyl (C=O) groups is 1. The molecular weight excluding hydrogens is 214 g/mol. The third-order valence-electron chi connectivity index (χ3n) is 2.95. The first kappa shape index (κ1) is 11.9. The number of hydrogen-bond donors (Lipinski definition) is 2. The first-order chi connectivity index (χ1) is 8.25. The maximum atomic E-state index is 11.3. The second-order valence-electron chi connectivity index (χ2n) is 4.38. The highest BCUT2D eigenvalue weighted by Gasteiger charge is 2.17. The van der Waals surface area contributed by atoms with Crippen molar-refractivity contribution in [3.8, 4) is 0 Å². The minimum atomic E-state index is 0.0575. The number of benzene rings is 1. The number of urea groups is 1. The molecule has 1 aromatic carbocycles. The van der Waals surface area contributed by atoms with Crippen molar-refractivity contribution >= 4 is 6.03 Å². The van der Waals surface area contributed by atoms with Crippen LogP contribution in [-0.2, 0) is 6.54 Å². The average molecular weight is 233 g/mol. The van der Waals surface area contributed by atoms with Crippen molar-refractivity contribution in [2.75, 3.05) is 26.2 Å². The molecule has 17 heavy (non-hydrogen) atoms. The largest absolute Gasteiger partial charge is 0.336 e. The van der Waals surface area contributed by atoms with Gasteiger partial charge in [-0.1, -0.05) is 29.8 Å². The lowest BCUT2D eigenvalue weighted by Gasteiger charge is -2.14. The molecule has 4 heteroatoms. The Morgan fingerprint density at radius 3 is 2.76 bits per heavy atom. The first-order valence-corrected chi connectivity index (χ1v) is 6.05. The van der Waals surface area contributed by atoms with Crippen molar-refractivity contribution in [3.63, 3.8) is 0 Å². The van der Waals surface area contributed by atoms with Gasteiger partial charge in [0, 0.05) is 32.7 Å². The molecule has 0 spiro atoms. The van der Waals surface area contributed by atoms with Crippen LogP contribution in [0.3, 0.4) is 0 Å². The van der Waals surface area contributed by atoms with Crippen molar-refractivity contribution in [1.82, 2.24) is 15.5 Å². The van der Waals surface area contributed by atoms with Crippen LogP contribution in [0, 0.1) is 6.92 Å².